The van der Waals surface area contributed by atoms with Gasteiger partial charge in [-0.2, -0.15) is 0 Å². The summed E-state index contributed by atoms with van der Waals surface area (Å²) >= 11 is 6.68. The number of aliphatic hydroxyl groups excluding tert-OH is 1. The van der Waals surface area contributed by atoms with Crippen LogP contribution in [-0.4, -0.2) is 108 Å². The lowest BCUT2D eigenvalue weighted by Gasteiger charge is -2.35. The first-order chi connectivity index (χ1) is 21.4. The van der Waals surface area contributed by atoms with Crippen molar-refractivity contribution in [3.63, 3.8) is 0 Å². The zero-order valence-corrected chi connectivity index (χ0v) is 25.8. The summed E-state index contributed by atoms with van der Waals surface area (Å²) < 4.78 is 16.4. The van der Waals surface area contributed by atoms with Crippen LogP contribution in [0.3, 0.4) is 0 Å². The number of amides is 1. The van der Waals surface area contributed by atoms with Gasteiger partial charge in [0.15, 0.2) is 12.2 Å². The number of likely N-dealkylation sites (N-methyl/N-ethyl adjacent to an activating group) is 1. The molecule has 3 aliphatic rings. The SMILES string of the molecule is CCN1CCN(c2cc(C(=O)NC[C@H](O)CN3CCc4c(ccc(OCc5cnco5)c4Cl)C3)cc(NC3COC3)n2)CC1. The first-order valence-electron chi connectivity index (χ1n) is 15.3. The fraction of sp³-hybridized carbons (Fsp3) is 0.516. The van der Waals surface area contributed by atoms with Crippen LogP contribution in [0.25, 0.3) is 0 Å². The Labute approximate surface area is 262 Å². The molecule has 3 N–H and O–H groups in total. The lowest BCUT2D eigenvalue weighted by atomic mass is 9.99. The summed E-state index contributed by atoms with van der Waals surface area (Å²) in [5, 5.41) is 17.8. The van der Waals surface area contributed by atoms with Gasteiger partial charge in [0.25, 0.3) is 5.91 Å². The van der Waals surface area contributed by atoms with Crippen molar-refractivity contribution >= 4 is 29.1 Å². The highest BCUT2D eigenvalue weighted by Crippen LogP contribution is 2.34. The number of hydrogen-bond donors (Lipinski definition) is 3. The molecule has 1 amide bonds. The summed E-state index contributed by atoms with van der Waals surface area (Å²) in [6, 6.07) is 7.70. The molecule has 0 spiro atoms. The van der Waals surface area contributed by atoms with Gasteiger partial charge in [0.2, 0.25) is 0 Å². The number of aromatic nitrogens is 2. The first-order valence-corrected chi connectivity index (χ1v) is 15.7. The number of benzene rings is 1. The fourth-order valence-corrected chi connectivity index (χ4v) is 6.09. The highest BCUT2D eigenvalue weighted by atomic mass is 35.5. The molecule has 1 aromatic carbocycles. The van der Waals surface area contributed by atoms with Crippen molar-refractivity contribution in [3.8, 4) is 5.75 Å². The normalized spacial score (nSPS) is 18.4. The predicted octanol–water partition coefficient (Wildman–Crippen LogP) is 2.40. The highest BCUT2D eigenvalue weighted by Gasteiger charge is 2.25. The van der Waals surface area contributed by atoms with Gasteiger partial charge in [-0.15, -0.1) is 0 Å². The molecular formula is C31H40ClN7O5. The van der Waals surface area contributed by atoms with Crippen molar-refractivity contribution in [3.05, 3.63) is 64.3 Å². The van der Waals surface area contributed by atoms with Crippen LogP contribution in [-0.2, 0) is 24.3 Å². The van der Waals surface area contributed by atoms with Crippen molar-refractivity contribution in [2.75, 3.05) is 75.8 Å². The average Bonchev–Trinajstić information content (AvgIpc) is 3.55. The molecule has 1 atom stereocenters. The number of ether oxygens (including phenoxy) is 2. The number of piperazine rings is 1. The van der Waals surface area contributed by atoms with E-state index >= 15 is 0 Å². The zero-order valence-electron chi connectivity index (χ0n) is 25.0. The Kier molecular flexibility index (Phi) is 9.82. The minimum absolute atomic E-state index is 0.142. The topological polar surface area (TPSA) is 128 Å². The number of fused-ring (bicyclic) bond motifs is 1. The first kappa shape index (κ1) is 30.6. The quantitative estimate of drug-likeness (QED) is 0.274. The second-order valence-electron chi connectivity index (χ2n) is 11.5. The molecule has 12 nitrogen and oxygen atoms in total. The second kappa shape index (κ2) is 14.1. The maximum absolute atomic E-state index is 13.3. The fourth-order valence-electron chi connectivity index (χ4n) is 5.76. The van der Waals surface area contributed by atoms with Gasteiger partial charge in [-0.1, -0.05) is 24.6 Å². The number of β-amino-alcohol motifs (C(OH)–C–C–N with tert-alkyl or cyclic N) is 1. The van der Waals surface area contributed by atoms with E-state index < -0.39 is 6.10 Å². The molecule has 0 aliphatic carbocycles. The number of pyridine rings is 1. The molecule has 0 bridgehead atoms. The zero-order chi connectivity index (χ0) is 30.5. The number of nitrogens with zero attached hydrogens (tertiary/aromatic N) is 5. The van der Waals surface area contributed by atoms with Crippen molar-refractivity contribution < 1.29 is 23.8 Å². The molecule has 0 saturated carbocycles. The number of hydrogen-bond acceptors (Lipinski definition) is 11. The highest BCUT2D eigenvalue weighted by molar-refractivity contribution is 6.33. The summed E-state index contributed by atoms with van der Waals surface area (Å²) in [5.74, 6) is 2.45. The van der Waals surface area contributed by atoms with Gasteiger partial charge >= 0.3 is 0 Å². The van der Waals surface area contributed by atoms with Crippen LogP contribution in [0.5, 0.6) is 5.75 Å². The van der Waals surface area contributed by atoms with Crippen molar-refractivity contribution in [1.82, 2.24) is 25.1 Å². The van der Waals surface area contributed by atoms with Crippen LogP contribution in [0.4, 0.5) is 11.6 Å². The van der Waals surface area contributed by atoms with Crippen molar-refractivity contribution in [2.45, 2.75) is 38.6 Å². The average molecular weight is 626 g/mol. The molecule has 2 fully saturated rings. The minimum atomic E-state index is -0.728. The van der Waals surface area contributed by atoms with Gasteiger partial charge < -0.3 is 39.4 Å². The van der Waals surface area contributed by atoms with Crippen LogP contribution in [0, 0.1) is 0 Å². The molecule has 236 valence electrons. The number of halogens is 1. The third-order valence-corrected chi connectivity index (χ3v) is 8.82. The maximum atomic E-state index is 13.3. The van der Waals surface area contributed by atoms with Crippen LogP contribution >= 0.6 is 11.6 Å². The number of oxazole rings is 1. The van der Waals surface area contributed by atoms with Gasteiger partial charge in [-0.05, 0) is 42.3 Å². The summed E-state index contributed by atoms with van der Waals surface area (Å²) in [5.41, 5.74) is 2.68. The number of aliphatic hydroxyl groups is 1. The van der Waals surface area contributed by atoms with E-state index in [0.717, 1.165) is 62.6 Å². The molecule has 2 saturated heterocycles. The molecule has 44 heavy (non-hydrogen) atoms. The van der Waals surface area contributed by atoms with Crippen molar-refractivity contribution in [1.29, 1.82) is 0 Å². The Morgan fingerprint density at radius 1 is 1.18 bits per heavy atom. The molecular weight excluding hydrogens is 586 g/mol. The van der Waals surface area contributed by atoms with E-state index in [1.807, 2.05) is 18.2 Å². The van der Waals surface area contributed by atoms with Gasteiger partial charge in [-0.25, -0.2) is 9.97 Å². The Hall–Kier alpha value is -3.42. The Balaban J connectivity index is 1.03. The standard InChI is InChI=1S/C31H40ClN7O5/c1-2-37-7-9-39(10-8-37)29-12-22(11-28(36-29)35-23-17-42-18-23)31(41)34-13-24(40)16-38-6-5-26-21(15-38)3-4-27(30(26)32)43-19-25-14-33-20-44-25/h3-4,11-12,14,20,23-24,40H,2,5-10,13,15-19H2,1H3,(H,34,41)(H,35,36)/t24-/m0/s1. The molecule has 13 heteroatoms. The summed E-state index contributed by atoms with van der Waals surface area (Å²) in [7, 11) is 0. The Morgan fingerprint density at radius 2 is 2.02 bits per heavy atom. The largest absolute Gasteiger partial charge is 0.484 e. The number of rotatable bonds is 12. The lowest BCUT2D eigenvalue weighted by Crippen LogP contribution is -2.46. The van der Waals surface area contributed by atoms with Gasteiger partial charge in [0.1, 0.15) is 24.0 Å². The third kappa shape index (κ3) is 7.44. The van der Waals surface area contributed by atoms with Crippen LogP contribution < -0.4 is 20.3 Å². The Morgan fingerprint density at radius 3 is 2.75 bits per heavy atom. The van der Waals surface area contributed by atoms with Crippen LogP contribution in [0.2, 0.25) is 5.02 Å². The van der Waals surface area contributed by atoms with Gasteiger partial charge in [0.05, 0.1) is 36.6 Å². The number of anilines is 2. The molecule has 0 radical (unpaired) electrons. The number of nitrogens with one attached hydrogen (secondary N) is 2. The summed E-state index contributed by atoms with van der Waals surface area (Å²) in [4.78, 5) is 28.8. The molecule has 0 unspecified atom stereocenters. The van der Waals surface area contributed by atoms with E-state index in [9.17, 15) is 9.90 Å². The molecule has 2 aromatic heterocycles. The molecule has 3 aliphatic heterocycles. The van der Waals surface area contributed by atoms with E-state index in [-0.39, 0.29) is 25.1 Å². The van der Waals surface area contributed by atoms with E-state index in [0.29, 0.717) is 54.2 Å². The van der Waals surface area contributed by atoms with E-state index in [1.165, 1.54) is 6.39 Å². The van der Waals surface area contributed by atoms with E-state index in [4.69, 9.17) is 30.5 Å². The summed E-state index contributed by atoms with van der Waals surface area (Å²) in [6.07, 6.45) is 2.99. The molecule has 6 rings (SSSR count). The lowest BCUT2D eigenvalue weighted by molar-refractivity contribution is 0.0209. The molecule has 3 aromatic rings. The second-order valence-corrected chi connectivity index (χ2v) is 11.9. The summed E-state index contributed by atoms with van der Waals surface area (Å²) in [6.45, 7) is 10.3. The predicted molar refractivity (Wildman–Crippen MR) is 166 cm³/mol. The third-order valence-electron chi connectivity index (χ3n) is 8.40. The monoisotopic (exact) mass is 625 g/mol. The maximum Gasteiger partial charge on any atom is 0.251 e. The van der Waals surface area contributed by atoms with E-state index in [1.54, 1.807) is 12.3 Å². The van der Waals surface area contributed by atoms with Crippen LogP contribution in [0.15, 0.2) is 41.3 Å². The van der Waals surface area contributed by atoms with Gasteiger partial charge in [-0.3, -0.25) is 9.69 Å². The Bertz CT molecular complexity index is 1410. The van der Waals surface area contributed by atoms with Gasteiger partial charge in [0, 0.05) is 57.9 Å². The minimum Gasteiger partial charge on any atom is -0.484 e. The molecule has 5 heterocycles. The van der Waals surface area contributed by atoms with Crippen molar-refractivity contribution in [2.24, 2.45) is 0 Å². The number of carbonyl (C=O) groups is 1. The van der Waals surface area contributed by atoms with Crippen LogP contribution in [0.1, 0.15) is 34.2 Å². The number of carbonyl (C=O) groups excluding carboxylic acids is 1. The van der Waals surface area contributed by atoms with E-state index in [2.05, 4.69) is 37.2 Å². The smallest absolute Gasteiger partial charge is 0.251 e.